The second kappa shape index (κ2) is 7.66. The molecule has 3 aromatic rings. The molecular formula is C24H24N2O4S. The summed E-state index contributed by atoms with van der Waals surface area (Å²) in [7, 11) is -3.59. The number of carbonyl (C=O) groups excluding carboxylic acids is 1. The Morgan fingerprint density at radius 3 is 2.26 bits per heavy atom. The maximum atomic E-state index is 13.1. The van der Waals surface area contributed by atoms with Crippen LogP contribution in [0.25, 0.3) is 10.8 Å². The summed E-state index contributed by atoms with van der Waals surface area (Å²) >= 11 is 0. The summed E-state index contributed by atoms with van der Waals surface area (Å²) in [6.07, 6.45) is 3.01. The van der Waals surface area contributed by atoms with Crippen LogP contribution in [0.3, 0.4) is 0 Å². The molecule has 0 bridgehead atoms. The Morgan fingerprint density at radius 2 is 1.52 bits per heavy atom. The summed E-state index contributed by atoms with van der Waals surface area (Å²) in [6, 6.07) is 16.3. The molecule has 0 unspecified atom stereocenters. The van der Waals surface area contributed by atoms with Crippen LogP contribution < -0.4 is 0 Å². The van der Waals surface area contributed by atoms with Gasteiger partial charge in [-0.05, 0) is 65.4 Å². The summed E-state index contributed by atoms with van der Waals surface area (Å²) in [5, 5.41) is 12.1. The van der Waals surface area contributed by atoms with Crippen molar-refractivity contribution in [3.8, 4) is 5.75 Å². The number of aryl methyl sites for hydroxylation is 2. The van der Waals surface area contributed by atoms with Gasteiger partial charge in [0.15, 0.2) is 0 Å². The predicted molar refractivity (Wildman–Crippen MR) is 119 cm³/mol. The minimum Gasteiger partial charge on any atom is -0.507 e. The molecule has 1 N–H and O–H groups in total. The van der Waals surface area contributed by atoms with Crippen LogP contribution in [0.2, 0.25) is 0 Å². The number of aromatic hydroxyl groups is 1. The Labute approximate surface area is 181 Å². The molecule has 0 atom stereocenters. The number of piperazine rings is 1. The molecule has 3 aromatic carbocycles. The van der Waals surface area contributed by atoms with Gasteiger partial charge in [-0.1, -0.05) is 30.3 Å². The van der Waals surface area contributed by atoms with Gasteiger partial charge in [-0.3, -0.25) is 4.79 Å². The Balaban J connectivity index is 1.32. The first kappa shape index (κ1) is 20.0. The van der Waals surface area contributed by atoms with Crippen LogP contribution in [0.4, 0.5) is 0 Å². The Morgan fingerprint density at radius 1 is 0.839 bits per heavy atom. The average molecular weight is 437 g/mol. The molecule has 31 heavy (non-hydrogen) atoms. The first-order valence-electron chi connectivity index (χ1n) is 10.6. The van der Waals surface area contributed by atoms with E-state index < -0.39 is 10.0 Å². The first-order valence-corrected chi connectivity index (χ1v) is 12.0. The zero-order valence-corrected chi connectivity index (χ0v) is 17.9. The van der Waals surface area contributed by atoms with E-state index in [9.17, 15) is 18.3 Å². The summed E-state index contributed by atoms with van der Waals surface area (Å²) in [5.74, 6) is -0.338. The molecule has 5 rings (SSSR count). The molecule has 1 aliphatic carbocycles. The molecule has 1 saturated heterocycles. The Kier molecular flexibility index (Phi) is 4.95. The summed E-state index contributed by atoms with van der Waals surface area (Å²) in [4.78, 5) is 15.0. The van der Waals surface area contributed by atoms with E-state index in [4.69, 9.17) is 0 Å². The van der Waals surface area contributed by atoms with E-state index >= 15 is 0 Å². The van der Waals surface area contributed by atoms with E-state index in [2.05, 4.69) is 0 Å². The molecule has 160 valence electrons. The molecular weight excluding hydrogens is 412 g/mol. The molecule has 0 radical (unpaired) electrons. The molecule has 1 fully saturated rings. The van der Waals surface area contributed by atoms with Gasteiger partial charge in [-0.2, -0.15) is 4.31 Å². The van der Waals surface area contributed by atoms with E-state index in [1.807, 2.05) is 36.4 Å². The van der Waals surface area contributed by atoms with Crippen molar-refractivity contribution < 1.29 is 18.3 Å². The minimum absolute atomic E-state index is 0.0584. The van der Waals surface area contributed by atoms with Crippen molar-refractivity contribution >= 4 is 26.7 Å². The number of phenols is 1. The van der Waals surface area contributed by atoms with E-state index in [-0.39, 0.29) is 43.4 Å². The Bertz CT molecular complexity index is 1280. The highest BCUT2D eigenvalue weighted by atomic mass is 32.2. The zero-order valence-electron chi connectivity index (χ0n) is 17.1. The van der Waals surface area contributed by atoms with Crippen LogP contribution in [0, 0.1) is 0 Å². The van der Waals surface area contributed by atoms with Crippen molar-refractivity contribution in [3.05, 3.63) is 71.3 Å². The fourth-order valence-electron chi connectivity index (χ4n) is 4.56. The van der Waals surface area contributed by atoms with E-state index in [0.29, 0.717) is 4.90 Å². The van der Waals surface area contributed by atoms with Crippen LogP contribution in [0.1, 0.15) is 27.9 Å². The average Bonchev–Trinajstić information content (AvgIpc) is 3.26. The van der Waals surface area contributed by atoms with Gasteiger partial charge in [0.1, 0.15) is 5.75 Å². The van der Waals surface area contributed by atoms with Crippen LogP contribution in [-0.2, 0) is 22.9 Å². The molecule has 6 nitrogen and oxygen atoms in total. The van der Waals surface area contributed by atoms with Gasteiger partial charge in [0.05, 0.1) is 10.5 Å². The van der Waals surface area contributed by atoms with Crippen molar-refractivity contribution in [1.29, 1.82) is 0 Å². The molecule has 0 saturated carbocycles. The monoisotopic (exact) mass is 436 g/mol. The van der Waals surface area contributed by atoms with Crippen LogP contribution >= 0.6 is 0 Å². The third-order valence-electron chi connectivity index (χ3n) is 6.33. The first-order chi connectivity index (χ1) is 14.9. The van der Waals surface area contributed by atoms with Crippen molar-refractivity contribution in [2.24, 2.45) is 0 Å². The fourth-order valence-corrected chi connectivity index (χ4v) is 6.03. The van der Waals surface area contributed by atoms with Gasteiger partial charge in [-0.25, -0.2) is 8.42 Å². The number of fused-ring (bicyclic) bond motifs is 2. The largest absolute Gasteiger partial charge is 0.507 e. The molecule has 1 heterocycles. The number of rotatable bonds is 3. The third kappa shape index (κ3) is 3.58. The number of sulfonamides is 1. The quantitative estimate of drug-likeness (QED) is 0.684. The molecule has 0 aromatic heterocycles. The summed E-state index contributed by atoms with van der Waals surface area (Å²) in [5.41, 5.74) is 2.61. The van der Waals surface area contributed by atoms with E-state index in [1.165, 1.54) is 9.87 Å². The lowest BCUT2D eigenvalue weighted by Gasteiger charge is -2.34. The predicted octanol–water partition coefficient (Wildman–Crippen LogP) is 3.18. The molecule has 1 aliphatic heterocycles. The van der Waals surface area contributed by atoms with Crippen LogP contribution in [0.15, 0.2) is 59.5 Å². The number of nitrogens with zero attached hydrogens (tertiary/aromatic N) is 2. The Hall–Kier alpha value is -2.90. The van der Waals surface area contributed by atoms with Gasteiger partial charge in [0.25, 0.3) is 5.91 Å². The lowest BCUT2D eigenvalue weighted by atomic mass is 10.0. The van der Waals surface area contributed by atoms with Gasteiger partial charge in [0, 0.05) is 26.2 Å². The van der Waals surface area contributed by atoms with Crippen molar-refractivity contribution in [2.75, 3.05) is 26.2 Å². The topological polar surface area (TPSA) is 77.9 Å². The van der Waals surface area contributed by atoms with Crippen molar-refractivity contribution in [1.82, 2.24) is 9.21 Å². The lowest BCUT2D eigenvalue weighted by Crippen LogP contribution is -2.50. The lowest BCUT2D eigenvalue weighted by molar-refractivity contribution is 0.0695. The van der Waals surface area contributed by atoms with E-state index in [1.54, 1.807) is 23.1 Å². The minimum atomic E-state index is -3.59. The molecule has 1 amide bonds. The third-order valence-corrected chi connectivity index (χ3v) is 8.22. The highest BCUT2D eigenvalue weighted by Crippen LogP contribution is 2.28. The number of phenolic OH excluding ortho intramolecular Hbond substituents is 1. The number of amides is 1. The smallest absolute Gasteiger partial charge is 0.257 e. The van der Waals surface area contributed by atoms with Gasteiger partial charge >= 0.3 is 0 Å². The number of carbonyl (C=O) groups is 1. The van der Waals surface area contributed by atoms with Gasteiger partial charge in [0.2, 0.25) is 10.0 Å². The fraction of sp³-hybridized carbons (Fsp3) is 0.292. The summed E-state index contributed by atoms with van der Waals surface area (Å²) in [6.45, 7) is 1.05. The molecule has 2 aliphatic rings. The van der Waals surface area contributed by atoms with Crippen molar-refractivity contribution in [3.63, 3.8) is 0 Å². The van der Waals surface area contributed by atoms with Crippen molar-refractivity contribution in [2.45, 2.75) is 24.2 Å². The number of hydrogen-bond donors (Lipinski definition) is 1. The van der Waals surface area contributed by atoms with Crippen LogP contribution in [0.5, 0.6) is 5.75 Å². The van der Waals surface area contributed by atoms with Gasteiger partial charge in [-0.15, -0.1) is 0 Å². The standard InChI is InChI=1S/C24H24N2O4S/c27-23-16-20-5-2-1-4-19(20)15-22(23)24(28)25-10-12-26(13-11-25)31(29,30)21-9-8-17-6-3-7-18(17)14-21/h1-2,4-5,8-9,14-16,27H,3,6-7,10-13H2. The zero-order chi connectivity index (χ0) is 21.6. The second-order valence-corrected chi connectivity index (χ2v) is 10.1. The molecule has 0 spiro atoms. The number of hydrogen-bond acceptors (Lipinski definition) is 4. The second-order valence-electron chi connectivity index (χ2n) is 8.20. The maximum Gasteiger partial charge on any atom is 0.257 e. The normalized spacial score (nSPS) is 17.1. The highest BCUT2D eigenvalue weighted by Gasteiger charge is 2.31. The maximum absolute atomic E-state index is 13.1. The molecule has 7 heteroatoms. The number of benzene rings is 3. The van der Waals surface area contributed by atoms with Gasteiger partial charge < -0.3 is 10.0 Å². The summed E-state index contributed by atoms with van der Waals surface area (Å²) < 4.78 is 27.7. The van der Waals surface area contributed by atoms with E-state index in [0.717, 1.165) is 35.6 Å². The SMILES string of the molecule is O=C(c1cc2ccccc2cc1O)N1CCN(S(=O)(=O)c2ccc3c(c2)CCC3)CC1. The highest BCUT2D eigenvalue weighted by molar-refractivity contribution is 7.89. The van der Waals surface area contributed by atoms with Crippen LogP contribution in [-0.4, -0.2) is 54.8 Å².